The maximum atomic E-state index is 13.2. The molecule has 2 rings (SSSR count). The Kier molecular flexibility index (Phi) is 4.21. The van der Waals surface area contributed by atoms with Gasteiger partial charge in [-0.3, -0.25) is 0 Å². The second kappa shape index (κ2) is 5.66. The van der Waals surface area contributed by atoms with E-state index in [2.05, 4.69) is 0 Å². The first-order valence-corrected chi connectivity index (χ1v) is 6.30. The Morgan fingerprint density at radius 2 is 2.06 bits per heavy atom. The van der Waals surface area contributed by atoms with Crippen LogP contribution in [0.2, 0.25) is 0 Å². The van der Waals surface area contributed by atoms with E-state index in [4.69, 9.17) is 9.84 Å². The third-order valence-corrected chi connectivity index (χ3v) is 3.90. The largest absolute Gasteiger partial charge is 0.392 e. The molecule has 1 aliphatic rings. The van der Waals surface area contributed by atoms with E-state index in [1.807, 2.05) is 6.07 Å². The van der Waals surface area contributed by atoms with Gasteiger partial charge in [0.2, 0.25) is 0 Å². The molecule has 1 aromatic carbocycles. The average molecular weight is 242 g/mol. The van der Waals surface area contributed by atoms with E-state index in [1.165, 1.54) is 12.1 Å². The van der Waals surface area contributed by atoms with Gasteiger partial charge in [-0.25, -0.2) is 4.39 Å². The molecule has 0 atom stereocenters. The maximum Gasteiger partial charge on any atom is 0.124 e. The van der Waals surface area contributed by atoms with Crippen molar-refractivity contribution in [2.24, 2.45) is 0 Å². The average Bonchev–Trinajstić information content (AvgIpc) is 2.29. The Labute approximate surface area is 98.8 Å². The third-order valence-electron chi connectivity index (χ3n) is 2.58. The number of thioether (sulfide) groups is 1. The standard InChI is InChI=1S/C12H15FO2S/c13-10-5-9(8-14)6-12(7-10)16-11-1-3-15-4-2-11/h5-7,11,14H,1-4,8H2. The minimum Gasteiger partial charge on any atom is -0.392 e. The van der Waals surface area contributed by atoms with Gasteiger partial charge in [-0.1, -0.05) is 0 Å². The number of hydrogen-bond donors (Lipinski definition) is 1. The third kappa shape index (κ3) is 3.20. The molecule has 0 radical (unpaired) electrons. The number of benzene rings is 1. The van der Waals surface area contributed by atoms with Gasteiger partial charge in [0.25, 0.3) is 0 Å². The summed E-state index contributed by atoms with van der Waals surface area (Å²) in [6.07, 6.45) is 2.02. The first kappa shape index (κ1) is 11.9. The molecule has 0 spiro atoms. The Balaban J connectivity index is 2.04. The van der Waals surface area contributed by atoms with Crippen LogP contribution in [0.15, 0.2) is 23.1 Å². The molecule has 0 aliphatic carbocycles. The van der Waals surface area contributed by atoms with Crippen LogP contribution in [0.25, 0.3) is 0 Å². The van der Waals surface area contributed by atoms with Gasteiger partial charge < -0.3 is 9.84 Å². The summed E-state index contributed by atoms with van der Waals surface area (Å²) < 4.78 is 18.5. The first-order valence-electron chi connectivity index (χ1n) is 5.42. The second-order valence-electron chi connectivity index (χ2n) is 3.88. The highest BCUT2D eigenvalue weighted by molar-refractivity contribution is 8.00. The van der Waals surface area contributed by atoms with Gasteiger partial charge in [0.15, 0.2) is 0 Å². The van der Waals surface area contributed by atoms with Crippen LogP contribution in [-0.4, -0.2) is 23.6 Å². The monoisotopic (exact) mass is 242 g/mol. The van der Waals surface area contributed by atoms with Crippen molar-refractivity contribution in [3.05, 3.63) is 29.6 Å². The zero-order valence-electron chi connectivity index (χ0n) is 8.99. The van der Waals surface area contributed by atoms with Crippen LogP contribution in [0.3, 0.4) is 0 Å². The molecule has 4 heteroatoms. The zero-order chi connectivity index (χ0) is 11.4. The number of rotatable bonds is 3. The van der Waals surface area contributed by atoms with Crippen molar-refractivity contribution in [2.75, 3.05) is 13.2 Å². The topological polar surface area (TPSA) is 29.5 Å². The Hall–Kier alpha value is -0.580. The molecule has 2 nitrogen and oxygen atoms in total. The summed E-state index contributed by atoms with van der Waals surface area (Å²) in [5.41, 5.74) is 0.634. The van der Waals surface area contributed by atoms with Crippen LogP contribution in [0.1, 0.15) is 18.4 Å². The number of halogens is 1. The van der Waals surface area contributed by atoms with Gasteiger partial charge in [-0.15, -0.1) is 11.8 Å². The van der Waals surface area contributed by atoms with E-state index >= 15 is 0 Å². The number of hydrogen-bond acceptors (Lipinski definition) is 3. The van der Waals surface area contributed by atoms with Gasteiger partial charge in [-0.2, -0.15) is 0 Å². The lowest BCUT2D eigenvalue weighted by molar-refractivity contribution is 0.100. The highest BCUT2D eigenvalue weighted by Gasteiger charge is 2.15. The molecule has 1 aromatic rings. The van der Waals surface area contributed by atoms with Crippen molar-refractivity contribution in [3.63, 3.8) is 0 Å². The fourth-order valence-electron chi connectivity index (χ4n) is 1.77. The van der Waals surface area contributed by atoms with Gasteiger partial charge in [0, 0.05) is 23.4 Å². The molecule has 88 valence electrons. The van der Waals surface area contributed by atoms with Crippen molar-refractivity contribution in [3.8, 4) is 0 Å². The summed E-state index contributed by atoms with van der Waals surface area (Å²) in [5, 5.41) is 9.50. The van der Waals surface area contributed by atoms with Crippen LogP contribution >= 0.6 is 11.8 Å². The lowest BCUT2D eigenvalue weighted by Crippen LogP contribution is -2.17. The van der Waals surface area contributed by atoms with Crippen molar-refractivity contribution >= 4 is 11.8 Å². The molecule has 1 N–H and O–H groups in total. The molecule has 1 saturated heterocycles. The summed E-state index contributed by atoms with van der Waals surface area (Å²) in [4.78, 5) is 0.899. The van der Waals surface area contributed by atoms with E-state index in [0.29, 0.717) is 10.8 Å². The van der Waals surface area contributed by atoms with Crippen molar-refractivity contribution < 1.29 is 14.2 Å². The van der Waals surface area contributed by atoms with E-state index in [9.17, 15) is 4.39 Å². The van der Waals surface area contributed by atoms with E-state index in [0.717, 1.165) is 31.0 Å². The number of aliphatic hydroxyl groups excluding tert-OH is 1. The van der Waals surface area contributed by atoms with Gasteiger partial charge in [0.1, 0.15) is 5.82 Å². The summed E-state index contributed by atoms with van der Waals surface area (Å²) >= 11 is 1.68. The van der Waals surface area contributed by atoms with Crippen LogP contribution in [0, 0.1) is 5.82 Å². The minimum atomic E-state index is -0.277. The quantitative estimate of drug-likeness (QED) is 0.883. The zero-order valence-corrected chi connectivity index (χ0v) is 9.80. The molecular weight excluding hydrogens is 227 g/mol. The van der Waals surface area contributed by atoms with Crippen molar-refractivity contribution in [2.45, 2.75) is 29.6 Å². The maximum absolute atomic E-state index is 13.2. The fraction of sp³-hybridized carbons (Fsp3) is 0.500. The van der Waals surface area contributed by atoms with E-state index in [1.54, 1.807) is 11.8 Å². The molecule has 0 saturated carbocycles. The normalized spacial score (nSPS) is 17.6. The lowest BCUT2D eigenvalue weighted by atomic mass is 10.2. The minimum absolute atomic E-state index is 0.112. The number of ether oxygens (including phenoxy) is 1. The second-order valence-corrected chi connectivity index (χ2v) is 5.26. The van der Waals surface area contributed by atoms with E-state index < -0.39 is 0 Å². The molecule has 1 heterocycles. The molecular formula is C12H15FO2S. The molecule has 16 heavy (non-hydrogen) atoms. The molecule has 0 amide bonds. The molecule has 1 fully saturated rings. The highest BCUT2D eigenvalue weighted by atomic mass is 32.2. The van der Waals surface area contributed by atoms with Crippen LogP contribution < -0.4 is 0 Å². The summed E-state index contributed by atoms with van der Waals surface area (Å²) in [7, 11) is 0. The van der Waals surface area contributed by atoms with Gasteiger partial charge in [0.05, 0.1) is 6.61 Å². The van der Waals surface area contributed by atoms with Crippen LogP contribution in [0.4, 0.5) is 4.39 Å². The van der Waals surface area contributed by atoms with Crippen molar-refractivity contribution in [1.29, 1.82) is 0 Å². The molecule has 0 unspecified atom stereocenters. The Morgan fingerprint density at radius 3 is 2.75 bits per heavy atom. The Morgan fingerprint density at radius 1 is 1.31 bits per heavy atom. The predicted molar refractivity (Wildman–Crippen MR) is 62.0 cm³/mol. The predicted octanol–water partition coefficient (Wildman–Crippen LogP) is 2.59. The van der Waals surface area contributed by atoms with E-state index in [-0.39, 0.29) is 12.4 Å². The molecule has 1 aliphatic heterocycles. The van der Waals surface area contributed by atoms with Gasteiger partial charge in [-0.05, 0) is 36.6 Å². The SMILES string of the molecule is OCc1cc(F)cc(SC2CCOCC2)c1. The Bertz CT molecular complexity index is 351. The first-order chi connectivity index (χ1) is 7.78. The van der Waals surface area contributed by atoms with Crippen molar-refractivity contribution in [1.82, 2.24) is 0 Å². The molecule has 0 aromatic heterocycles. The fourth-order valence-corrected chi connectivity index (χ4v) is 2.98. The van der Waals surface area contributed by atoms with Gasteiger partial charge >= 0.3 is 0 Å². The highest BCUT2D eigenvalue weighted by Crippen LogP contribution is 2.30. The smallest absolute Gasteiger partial charge is 0.124 e. The molecule has 0 bridgehead atoms. The number of aliphatic hydroxyl groups is 1. The lowest BCUT2D eigenvalue weighted by Gasteiger charge is -2.21. The summed E-state index contributed by atoms with van der Waals surface area (Å²) in [6.45, 7) is 1.47. The van der Waals surface area contributed by atoms with Crippen LogP contribution in [-0.2, 0) is 11.3 Å². The summed E-state index contributed by atoms with van der Waals surface area (Å²) in [5.74, 6) is -0.277. The summed E-state index contributed by atoms with van der Waals surface area (Å²) in [6, 6.07) is 4.75. The van der Waals surface area contributed by atoms with Crippen LogP contribution in [0.5, 0.6) is 0 Å².